The molecule has 0 atom stereocenters. The Bertz CT molecular complexity index is 1730. The molecule has 0 aliphatic heterocycles. The molecule has 0 saturated heterocycles. The van der Waals surface area contributed by atoms with E-state index in [0.29, 0.717) is 37.0 Å². The smallest absolute Gasteiger partial charge is 0.240 e. The van der Waals surface area contributed by atoms with Crippen molar-refractivity contribution in [3.8, 4) is 11.4 Å². The number of sulfonamides is 1. The number of hydrogen-bond acceptors (Lipinski definition) is 5. The molecule has 1 aliphatic rings. The highest BCUT2D eigenvalue weighted by atomic mass is 32.2. The molecule has 0 radical (unpaired) electrons. The first kappa shape index (κ1) is 24.3. The topological polar surface area (TPSA) is 117 Å². The van der Waals surface area contributed by atoms with Crippen LogP contribution < -0.4 is 10.0 Å². The van der Waals surface area contributed by atoms with Crippen LogP contribution in [0.2, 0.25) is 0 Å². The Morgan fingerprint density at radius 1 is 0.868 bits per heavy atom. The lowest BCUT2D eigenvalue weighted by Gasteiger charge is -2.28. The van der Waals surface area contributed by atoms with Gasteiger partial charge in [-0.15, -0.1) is 0 Å². The number of rotatable bonds is 6. The van der Waals surface area contributed by atoms with Gasteiger partial charge in [0.1, 0.15) is 5.82 Å². The lowest BCUT2D eigenvalue weighted by molar-refractivity contribution is -0.120. The first-order valence-electron chi connectivity index (χ1n) is 12.7. The molecule has 0 unspecified atom stereocenters. The summed E-state index contributed by atoms with van der Waals surface area (Å²) in [5.74, 6) is 0.505. The Morgan fingerprint density at radius 2 is 1.68 bits per heavy atom. The molecule has 8 nitrogen and oxygen atoms in total. The number of carbonyl (C=O) groups excluding carboxylic acids is 1. The molecule has 2 aromatic heterocycles. The number of nitrogens with one attached hydrogen (secondary N) is 3. The molecule has 9 heteroatoms. The maximum Gasteiger partial charge on any atom is 0.240 e. The van der Waals surface area contributed by atoms with E-state index in [2.05, 4.69) is 25.0 Å². The number of carbonyl (C=O) groups is 1. The van der Waals surface area contributed by atoms with Crippen LogP contribution in [0.1, 0.15) is 25.7 Å². The summed E-state index contributed by atoms with van der Waals surface area (Å²) in [5.41, 5.74) is 3.92. The fourth-order valence-corrected chi connectivity index (χ4v) is 6.37. The van der Waals surface area contributed by atoms with E-state index in [9.17, 15) is 13.2 Å². The Balaban J connectivity index is 1.08. The van der Waals surface area contributed by atoms with Gasteiger partial charge in [0, 0.05) is 34.8 Å². The standard InChI is InChI=1S/C29H27N5O3S/c35-29(31-23-12-14-25-21(17-23)7-4-16-30-25)20-8-10-22(11-9-20)34-38(36,37)24-13-15-26-27(18-24)33-28(32-26)19-5-2-1-3-6-19/h1-7,12-18,20,22,34H,8-11H2,(H,31,35)(H,32,33)/t20-,22-. The van der Waals surface area contributed by atoms with Crippen LogP contribution in [-0.4, -0.2) is 35.3 Å². The molecule has 3 aromatic carbocycles. The third-order valence-corrected chi connectivity index (χ3v) is 8.62. The zero-order valence-corrected chi connectivity index (χ0v) is 21.4. The van der Waals surface area contributed by atoms with Gasteiger partial charge in [0.25, 0.3) is 0 Å². The number of aromatic amines is 1. The second-order valence-electron chi connectivity index (χ2n) is 9.70. The Labute approximate surface area is 220 Å². The Hall–Kier alpha value is -4.08. The maximum absolute atomic E-state index is 13.2. The molecule has 1 amide bonds. The summed E-state index contributed by atoms with van der Waals surface area (Å²) in [7, 11) is -3.72. The van der Waals surface area contributed by atoms with Crippen LogP contribution in [-0.2, 0) is 14.8 Å². The molecule has 192 valence electrons. The van der Waals surface area contributed by atoms with Crippen LogP contribution in [0.5, 0.6) is 0 Å². The Morgan fingerprint density at radius 3 is 2.50 bits per heavy atom. The van der Waals surface area contributed by atoms with E-state index in [4.69, 9.17) is 0 Å². The van der Waals surface area contributed by atoms with Crippen LogP contribution in [0, 0.1) is 5.92 Å². The molecule has 6 rings (SSSR count). The third kappa shape index (κ3) is 5.03. The van der Waals surface area contributed by atoms with Crippen molar-refractivity contribution in [1.82, 2.24) is 19.7 Å². The largest absolute Gasteiger partial charge is 0.338 e. The van der Waals surface area contributed by atoms with Crippen LogP contribution in [0.15, 0.2) is 90.0 Å². The number of imidazole rings is 1. The molecule has 3 N–H and O–H groups in total. The molecule has 0 spiro atoms. The molecular weight excluding hydrogens is 498 g/mol. The number of pyridine rings is 1. The molecule has 1 aliphatic carbocycles. The van der Waals surface area contributed by atoms with Crippen molar-refractivity contribution >= 4 is 43.6 Å². The third-order valence-electron chi connectivity index (χ3n) is 7.10. The maximum atomic E-state index is 13.2. The van der Waals surface area contributed by atoms with E-state index < -0.39 is 10.0 Å². The van der Waals surface area contributed by atoms with Crippen LogP contribution in [0.25, 0.3) is 33.3 Å². The van der Waals surface area contributed by atoms with Crippen molar-refractivity contribution in [3.63, 3.8) is 0 Å². The van der Waals surface area contributed by atoms with Gasteiger partial charge in [-0.2, -0.15) is 0 Å². The SMILES string of the molecule is O=C(Nc1ccc2ncccc2c1)[C@H]1CC[C@H](NS(=O)(=O)c2ccc3[nH]c(-c4ccccc4)nc3c2)CC1. The van der Waals surface area contributed by atoms with Gasteiger partial charge in [0.2, 0.25) is 15.9 Å². The average molecular weight is 526 g/mol. The minimum atomic E-state index is -3.72. The van der Waals surface area contributed by atoms with Crippen molar-refractivity contribution in [2.45, 2.75) is 36.6 Å². The normalized spacial score (nSPS) is 18.0. The van der Waals surface area contributed by atoms with Crippen molar-refractivity contribution in [1.29, 1.82) is 0 Å². The van der Waals surface area contributed by atoms with Crippen molar-refractivity contribution in [2.75, 3.05) is 5.32 Å². The van der Waals surface area contributed by atoms with E-state index in [1.807, 2.05) is 60.7 Å². The van der Waals surface area contributed by atoms with E-state index in [-0.39, 0.29) is 22.8 Å². The minimum Gasteiger partial charge on any atom is -0.338 e. The van der Waals surface area contributed by atoms with Crippen LogP contribution in [0.3, 0.4) is 0 Å². The molecule has 1 fully saturated rings. The summed E-state index contributed by atoms with van der Waals surface area (Å²) in [5, 5.41) is 3.97. The number of fused-ring (bicyclic) bond motifs is 2. The number of hydrogen-bond donors (Lipinski definition) is 3. The summed E-state index contributed by atoms with van der Waals surface area (Å²) >= 11 is 0. The number of H-pyrrole nitrogens is 1. The minimum absolute atomic E-state index is 0.0345. The van der Waals surface area contributed by atoms with E-state index in [1.165, 1.54) is 0 Å². The second kappa shape index (κ2) is 10.00. The van der Waals surface area contributed by atoms with Gasteiger partial charge in [-0.1, -0.05) is 36.4 Å². The number of aromatic nitrogens is 3. The number of benzene rings is 3. The van der Waals surface area contributed by atoms with Gasteiger partial charge in [-0.05, 0) is 68.1 Å². The van der Waals surface area contributed by atoms with Crippen molar-refractivity contribution < 1.29 is 13.2 Å². The van der Waals surface area contributed by atoms with Gasteiger partial charge in [-0.3, -0.25) is 9.78 Å². The van der Waals surface area contributed by atoms with Crippen molar-refractivity contribution in [2.24, 2.45) is 5.92 Å². The second-order valence-corrected chi connectivity index (χ2v) is 11.4. The molecule has 5 aromatic rings. The zero-order valence-electron chi connectivity index (χ0n) is 20.6. The summed E-state index contributed by atoms with van der Waals surface area (Å²) in [6, 6.07) is 23.9. The molecule has 38 heavy (non-hydrogen) atoms. The summed E-state index contributed by atoms with van der Waals surface area (Å²) < 4.78 is 29.1. The lowest BCUT2D eigenvalue weighted by atomic mass is 9.86. The fourth-order valence-electron chi connectivity index (χ4n) is 5.04. The van der Waals surface area contributed by atoms with Crippen LogP contribution >= 0.6 is 0 Å². The van der Waals surface area contributed by atoms with E-state index >= 15 is 0 Å². The predicted molar refractivity (Wildman–Crippen MR) is 148 cm³/mol. The summed E-state index contributed by atoms with van der Waals surface area (Å²) in [4.78, 5) is 25.2. The molecule has 0 bridgehead atoms. The molecule has 1 saturated carbocycles. The van der Waals surface area contributed by atoms with Gasteiger partial charge in [0.05, 0.1) is 21.4 Å². The average Bonchev–Trinajstić information content (AvgIpc) is 3.37. The number of anilines is 1. The molecular formula is C29H27N5O3S. The van der Waals surface area contributed by atoms with Crippen molar-refractivity contribution in [3.05, 3.63) is 85.1 Å². The van der Waals surface area contributed by atoms with Gasteiger partial charge in [0.15, 0.2) is 0 Å². The summed E-state index contributed by atoms with van der Waals surface area (Å²) in [6.45, 7) is 0. The highest BCUT2D eigenvalue weighted by Crippen LogP contribution is 2.28. The van der Waals surface area contributed by atoms with E-state index in [0.717, 1.165) is 27.7 Å². The Kier molecular flexibility index (Phi) is 6.39. The van der Waals surface area contributed by atoms with Gasteiger partial charge < -0.3 is 10.3 Å². The molecule has 2 heterocycles. The van der Waals surface area contributed by atoms with E-state index in [1.54, 1.807) is 24.4 Å². The highest BCUT2D eigenvalue weighted by molar-refractivity contribution is 7.89. The first-order chi connectivity index (χ1) is 18.4. The predicted octanol–water partition coefficient (Wildman–Crippen LogP) is 5.25. The highest BCUT2D eigenvalue weighted by Gasteiger charge is 2.29. The number of nitrogens with zero attached hydrogens (tertiary/aromatic N) is 2. The monoisotopic (exact) mass is 525 g/mol. The summed E-state index contributed by atoms with van der Waals surface area (Å²) in [6.07, 6.45) is 4.17. The van der Waals surface area contributed by atoms with Gasteiger partial charge >= 0.3 is 0 Å². The van der Waals surface area contributed by atoms with Crippen LogP contribution in [0.4, 0.5) is 5.69 Å². The zero-order chi connectivity index (χ0) is 26.1. The lowest BCUT2D eigenvalue weighted by Crippen LogP contribution is -2.39. The number of amides is 1. The van der Waals surface area contributed by atoms with Gasteiger partial charge in [-0.25, -0.2) is 18.1 Å². The quantitative estimate of drug-likeness (QED) is 0.280. The fraction of sp³-hybridized carbons (Fsp3) is 0.207. The first-order valence-corrected chi connectivity index (χ1v) is 14.2.